The van der Waals surface area contributed by atoms with Crippen molar-refractivity contribution in [1.82, 2.24) is 35.0 Å². The number of aryl methyl sites for hydroxylation is 3. The first kappa shape index (κ1) is 18.8. The molecule has 152 valence electrons. The number of amides is 2. The van der Waals surface area contributed by atoms with E-state index >= 15 is 0 Å². The minimum atomic E-state index is -0.570. The Balaban J connectivity index is 1.59. The molecule has 2 atom stereocenters. The molecule has 4 rings (SSSR count). The lowest BCUT2D eigenvalue weighted by Gasteiger charge is -2.15. The molecule has 11 heteroatoms. The topological polar surface area (TPSA) is 149 Å². The van der Waals surface area contributed by atoms with Crippen LogP contribution in [-0.4, -0.2) is 59.9 Å². The van der Waals surface area contributed by atoms with Crippen molar-refractivity contribution in [1.29, 1.82) is 0 Å². The van der Waals surface area contributed by atoms with Crippen molar-refractivity contribution in [2.45, 2.75) is 33.2 Å². The van der Waals surface area contributed by atoms with Gasteiger partial charge in [-0.2, -0.15) is 10.2 Å². The number of nitrogens with zero attached hydrogens (tertiary/aromatic N) is 6. The maximum atomic E-state index is 13.2. The SMILES string of the molecule is Cc1cnn(Cc2c(C(=O)N3C[C@@H](C(N)=O)[C@H](c4n[nH]c(C)n4)C3)noc2C)c1. The first-order valence-electron chi connectivity index (χ1n) is 9.25. The van der Waals surface area contributed by atoms with Gasteiger partial charge >= 0.3 is 0 Å². The van der Waals surface area contributed by atoms with Crippen molar-refractivity contribution < 1.29 is 14.1 Å². The Labute approximate surface area is 166 Å². The highest BCUT2D eigenvalue weighted by Gasteiger charge is 2.42. The van der Waals surface area contributed by atoms with Crippen LogP contribution in [0.1, 0.15) is 44.9 Å². The van der Waals surface area contributed by atoms with Crippen LogP contribution in [-0.2, 0) is 11.3 Å². The predicted octanol–water partition coefficient (Wildman–Crippen LogP) is 0.304. The third-order valence-corrected chi connectivity index (χ3v) is 5.19. The van der Waals surface area contributed by atoms with Gasteiger partial charge in [0.05, 0.1) is 24.6 Å². The summed E-state index contributed by atoms with van der Waals surface area (Å²) < 4.78 is 7.01. The first-order chi connectivity index (χ1) is 13.8. The molecule has 2 amide bonds. The fourth-order valence-electron chi connectivity index (χ4n) is 3.66. The second kappa shape index (κ2) is 7.15. The van der Waals surface area contributed by atoms with E-state index in [1.165, 1.54) is 0 Å². The van der Waals surface area contributed by atoms with Gasteiger partial charge in [-0.15, -0.1) is 0 Å². The highest BCUT2D eigenvalue weighted by Crippen LogP contribution is 2.32. The highest BCUT2D eigenvalue weighted by molar-refractivity contribution is 5.94. The van der Waals surface area contributed by atoms with E-state index in [1.54, 1.807) is 29.6 Å². The molecule has 0 radical (unpaired) electrons. The summed E-state index contributed by atoms with van der Waals surface area (Å²) >= 11 is 0. The van der Waals surface area contributed by atoms with Gasteiger partial charge < -0.3 is 15.2 Å². The lowest BCUT2D eigenvalue weighted by atomic mass is 9.95. The molecule has 1 saturated heterocycles. The van der Waals surface area contributed by atoms with E-state index in [0.29, 0.717) is 29.5 Å². The summed E-state index contributed by atoms with van der Waals surface area (Å²) in [6, 6.07) is 0. The zero-order chi connectivity index (χ0) is 20.7. The zero-order valence-electron chi connectivity index (χ0n) is 16.4. The Morgan fingerprint density at radius 1 is 1.31 bits per heavy atom. The molecule has 0 unspecified atom stereocenters. The molecule has 1 aliphatic rings. The number of hydrogen-bond acceptors (Lipinski definition) is 7. The van der Waals surface area contributed by atoms with E-state index in [9.17, 15) is 9.59 Å². The third kappa shape index (κ3) is 3.50. The normalized spacial score (nSPS) is 19.1. The molecule has 0 saturated carbocycles. The van der Waals surface area contributed by atoms with Crippen LogP contribution in [0.5, 0.6) is 0 Å². The third-order valence-electron chi connectivity index (χ3n) is 5.19. The number of likely N-dealkylation sites (tertiary alicyclic amines) is 1. The Bertz CT molecular complexity index is 1070. The molecule has 29 heavy (non-hydrogen) atoms. The summed E-state index contributed by atoms with van der Waals surface area (Å²) in [5.41, 5.74) is 7.47. The van der Waals surface area contributed by atoms with E-state index in [1.807, 2.05) is 13.1 Å². The Hall–Kier alpha value is -3.50. The fraction of sp³-hybridized carbons (Fsp3) is 0.444. The van der Waals surface area contributed by atoms with Crippen LogP contribution in [0.25, 0.3) is 0 Å². The number of H-pyrrole nitrogens is 1. The van der Waals surface area contributed by atoms with Crippen LogP contribution in [0.2, 0.25) is 0 Å². The molecule has 11 nitrogen and oxygen atoms in total. The summed E-state index contributed by atoms with van der Waals surface area (Å²) in [7, 11) is 0. The van der Waals surface area contributed by atoms with E-state index in [2.05, 4.69) is 25.4 Å². The summed E-state index contributed by atoms with van der Waals surface area (Å²) in [6.07, 6.45) is 3.62. The van der Waals surface area contributed by atoms with Crippen molar-refractivity contribution in [2.24, 2.45) is 11.7 Å². The van der Waals surface area contributed by atoms with Gasteiger partial charge in [0.15, 0.2) is 11.5 Å². The van der Waals surface area contributed by atoms with E-state index in [4.69, 9.17) is 10.3 Å². The smallest absolute Gasteiger partial charge is 0.276 e. The monoisotopic (exact) mass is 398 g/mol. The molecule has 3 aromatic heterocycles. The number of carbonyl (C=O) groups is 2. The Kier molecular flexibility index (Phi) is 4.65. The number of primary amides is 1. The average Bonchev–Trinajstić information content (AvgIpc) is 3.43. The van der Waals surface area contributed by atoms with Crippen LogP contribution >= 0.6 is 0 Å². The van der Waals surface area contributed by atoms with Crippen molar-refractivity contribution in [3.8, 4) is 0 Å². The van der Waals surface area contributed by atoms with Gasteiger partial charge in [0, 0.05) is 24.8 Å². The standard InChI is InChI=1S/C18H22N8O3/c1-9-4-20-26(5-9)8-12-10(2)29-24-15(12)18(28)25-6-13(16(19)27)14(7-25)17-21-11(3)22-23-17/h4-5,13-14H,6-8H2,1-3H3,(H2,19,27)(H,21,22,23)/t13-,14-/m1/s1. The molecule has 0 aromatic carbocycles. The van der Waals surface area contributed by atoms with Gasteiger partial charge in [0.1, 0.15) is 11.6 Å². The minimum absolute atomic E-state index is 0.179. The van der Waals surface area contributed by atoms with Crippen LogP contribution < -0.4 is 5.73 Å². The van der Waals surface area contributed by atoms with Crippen molar-refractivity contribution in [2.75, 3.05) is 13.1 Å². The number of aromatic amines is 1. The van der Waals surface area contributed by atoms with Crippen LogP contribution in [0, 0.1) is 26.7 Å². The molecule has 3 aromatic rings. The Morgan fingerprint density at radius 3 is 2.72 bits per heavy atom. The molecule has 3 N–H and O–H groups in total. The second-order valence-electron chi connectivity index (χ2n) is 7.39. The summed E-state index contributed by atoms with van der Waals surface area (Å²) in [5.74, 6) is -0.0839. The highest BCUT2D eigenvalue weighted by atomic mass is 16.5. The number of rotatable bonds is 5. The largest absolute Gasteiger partial charge is 0.369 e. The molecule has 1 fully saturated rings. The summed E-state index contributed by atoms with van der Waals surface area (Å²) in [4.78, 5) is 31.1. The maximum absolute atomic E-state index is 13.2. The zero-order valence-corrected chi connectivity index (χ0v) is 16.4. The van der Waals surface area contributed by atoms with Gasteiger partial charge in [-0.3, -0.25) is 19.4 Å². The van der Waals surface area contributed by atoms with Gasteiger partial charge in [0.25, 0.3) is 5.91 Å². The van der Waals surface area contributed by atoms with Gasteiger partial charge in [-0.05, 0) is 26.3 Å². The van der Waals surface area contributed by atoms with Gasteiger partial charge in [-0.25, -0.2) is 4.98 Å². The average molecular weight is 398 g/mol. The molecule has 0 bridgehead atoms. The molecule has 1 aliphatic heterocycles. The van der Waals surface area contributed by atoms with Crippen LogP contribution in [0.4, 0.5) is 0 Å². The van der Waals surface area contributed by atoms with Crippen molar-refractivity contribution in [3.63, 3.8) is 0 Å². The number of carbonyl (C=O) groups excluding carboxylic acids is 2. The molecular formula is C18H22N8O3. The second-order valence-corrected chi connectivity index (χ2v) is 7.39. The number of nitrogens with one attached hydrogen (secondary N) is 1. The quantitative estimate of drug-likeness (QED) is 0.628. The Morgan fingerprint density at radius 2 is 2.10 bits per heavy atom. The number of nitrogens with two attached hydrogens (primary N) is 1. The fourth-order valence-corrected chi connectivity index (χ4v) is 3.66. The van der Waals surface area contributed by atoms with Gasteiger partial charge in [-0.1, -0.05) is 5.16 Å². The van der Waals surface area contributed by atoms with Crippen molar-refractivity contribution >= 4 is 11.8 Å². The molecule has 4 heterocycles. The first-order valence-corrected chi connectivity index (χ1v) is 9.25. The lowest BCUT2D eigenvalue weighted by molar-refractivity contribution is -0.121. The molecule has 0 aliphatic carbocycles. The maximum Gasteiger partial charge on any atom is 0.276 e. The molecule has 0 spiro atoms. The number of aromatic nitrogens is 6. The minimum Gasteiger partial charge on any atom is -0.369 e. The van der Waals surface area contributed by atoms with Crippen molar-refractivity contribution in [3.05, 3.63) is 46.6 Å². The van der Waals surface area contributed by atoms with Gasteiger partial charge in [0.2, 0.25) is 5.91 Å². The lowest BCUT2D eigenvalue weighted by Crippen LogP contribution is -2.32. The predicted molar refractivity (Wildman–Crippen MR) is 99.8 cm³/mol. The summed E-state index contributed by atoms with van der Waals surface area (Å²) in [5, 5.41) is 15.2. The van der Waals surface area contributed by atoms with E-state index in [0.717, 1.165) is 5.56 Å². The van der Waals surface area contributed by atoms with Crippen LogP contribution in [0.3, 0.4) is 0 Å². The van der Waals surface area contributed by atoms with E-state index in [-0.39, 0.29) is 30.6 Å². The number of hydrogen-bond donors (Lipinski definition) is 2. The van der Waals surface area contributed by atoms with E-state index < -0.39 is 11.8 Å². The van der Waals surface area contributed by atoms with Crippen LogP contribution in [0.15, 0.2) is 16.9 Å². The summed E-state index contributed by atoms with van der Waals surface area (Å²) in [6.45, 7) is 6.28. The molecular weight excluding hydrogens is 376 g/mol.